The highest BCUT2D eigenvalue weighted by Gasteiger charge is 2.60. The van der Waals surface area contributed by atoms with Crippen LogP contribution in [0.2, 0.25) is 0 Å². The number of carbonyl (C=O) groups is 1. The van der Waals surface area contributed by atoms with E-state index in [0.717, 1.165) is 23.6 Å². The lowest BCUT2D eigenvalue weighted by atomic mass is 10.1. The van der Waals surface area contributed by atoms with Crippen LogP contribution >= 0.6 is 12.2 Å². The van der Waals surface area contributed by atoms with Crippen molar-refractivity contribution in [2.45, 2.75) is 24.8 Å². The second kappa shape index (κ2) is 8.15. The second-order valence-electron chi connectivity index (χ2n) is 7.71. The van der Waals surface area contributed by atoms with Crippen LogP contribution in [0.5, 0.6) is 0 Å². The molecule has 2 unspecified atom stereocenters. The van der Waals surface area contributed by atoms with E-state index in [-0.39, 0.29) is 11.4 Å². The van der Waals surface area contributed by atoms with Crippen molar-refractivity contribution >= 4 is 35.0 Å². The standard InChI is InChI=1S/C23H25N3OS/c27-21(14-11-17-7-3-1-4-8-17)24-16-23(15-20(23)18-12-13-18)26-22(28)25-19-9-5-2-6-10-19/h1-11,14,18,20H,12-13,15-16H2,(H,24,27)(H2,25,26,28). The molecular formula is C23H25N3OS. The lowest BCUT2D eigenvalue weighted by Gasteiger charge is -2.22. The lowest BCUT2D eigenvalue weighted by molar-refractivity contribution is -0.116. The summed E-state index contributed by atoms with van der Waals surface area (Å²) in [5.74, 6) is 1.28. The molecule has 2 aromatic rings. The molecule has 1 amide bonds. The molecule has 0 bridgehead atoms. The smallest absolute Gasteiger partial charge is 0.244 e. The molecule has 2 aliphatic carbocycles. The fourth-order valence-electron chi connectivity index (χ4n) is 3.79. The van der Waals surface area contributed by atoms with Gasteiger partial charge in [-0.3, -0.25) is 4.79 Å². The molecule has 2 saturated carbocycles. The molecule has 2 aromatic carbocycles. The van der Waals surface area contributed by atoms with Gasteiger partial charge in [-0.25, -0.2) is 0 Å². The van der Waals surface area contributed by atoms with Gasteiger partial charge in [0.15, 0.2) is 5.11 Å². The molecule has 0 radical (unpaired) electrons. The Labute approximate surface area is 171 Å². The van der Waals surface area contributed by atoms with E-state index < -0.39 is 0 Å². The summed E-state index contributed by atoms with van der Waals surface area (Å²) in [6.07, 6.45) is 7.06. The molecular weight excluding hydrogens is 366 g/mol. The van der Waals surface area contributed by atoms with Crippen molar-refractivity contribution in [3.05, 3.63) is 72.3 Å². The van der Waals surface area contributed by atoms with Gasteiger partial charge in [-0.15, -0.1) is 0 Å². The van der Waals surface area contributed by atoms with Crippen LogP contribution in [0.3, 0.4) is 0 Å². The Bertz CT molecular complexity index is 864. The molecule has 144 valence electrons. The number of anilines is 1. The molecule has 4 nitrogen and oxygen atoms in total. The van der Waals surface area contributed by atoms with E-state index in [2.05, 4.69) is 16.0 Å². The molecule has 2 atom stereocenters. The van der Waals surface area contributed by atoms with Crippen molar-refractivity contribution in [1.82, 2.24) is 10.6 Å². The van der Waals surface area contributed by atoms with Crippen molar-refractivity contribution in [1.29, 1.82) is 0 Å². The molecule has 5 heteroatoms. The number of thiocarbonyl (C=S) groups is 1. The van der Waals surface area contributed by atoms with Gasteiger partial charge in [0.1, 0.15) is 0 Å². The van der Waals surface area contributed by atoms with Gasteiger partial charge in [0, 0.05) is 18.3 Å². The number of rotatable bonds is 7. The highest BCUT2D eigenvalue weighted by atomic mass is 32.1. The first kappa shape index (κ1) is 18.7. The number of para-hydroxylation sites is 1. The van der Waals surface area contributed by atoms with E-state index in [1.54, 1.807) is 6.08 Å². The molecule has 0 saturated heterocycles. The predicted octanol–water partition coefficient (Wildman–Crippen LogP) is 3.97. The summed E-state index contributed by atoms with van der Waals surface area (Å²) in [5, 5.41) is 10.4. The largest absolute Gasteiger partial charge is 0.355 e. The van der Waals surface area contributed by atoms with Gasteiger partial charge >= 0.3 is 0 Å². The number of carbonyl (C=O) groups excluding carboxylic acids is 1. The number of benzene rings is 2. The monoisotopic (exact) mass is 391 g/mol. The van der Waals surface area contributed by atoms with Crippen molar-refractivity contribution in [3.8, 4) is 0 Å². The zero-order valence-corrected chi connectivity index (χ0v) is 16.5. The Hall–Kier alpha value is -2.66. The average molecular weight is 392 g/mol. The Balaban J connectivity index is 1.33. The summed E-state index contributed by atoms with van der Waals surface area (Å²) >= 11 is 5.53. The molecule has 0 aromatic heterocycles. The Morgan fingerprint density at radius 1 is 1.07 bits per heavy atom. The van der Waals surface area contributed by atoms with E-state index in [1.807, 2.05) is 66.7 Å². The van der Waals surface area contributed by atoms with Gasteiger partial charge in [-0.2, -0.15) is 0 Å². The van der Waals surface area contributed by atoms with E-state index in [9.17, 15) is 4.79 Å². The highest BCUT2D eigenvalue weighted by molar-refractivity contribution is 7.80. The van der Waals surface area contributed by atoms with E-state index >= 15 is 0 Å². The van der Waals surface area contributed by atoms with Crippen LogP contribution < -0.4 is 16.0 Å². The fourth-order valence-corrected chi connectivity index (χ4v) is 4.11. The third kappa shape index (κ3) is 4.78. The van der Waals surface area contributed by atoms with E-state index in [1.165, 1.54) is 12.8 Å². The molecule has 4 rings (SSSR count). The van der Waals surface area contributed by atoms with E-state index in [0.29, 0.717) is 17.6 Å². The van der Waals surface area contributed by atoms with Crippen LogP contribution in [-0.4, -0.2) is 23.1 Å². The van der Waals surface area contributed by atoms with Crippen LogP contribution in [-0.2, 0) is 4.79 Å². The van der Waals surface area contributed by atoms with Gasteiger partial charge in [0.05, 0.1) is 5.54 Å². The summed E-state index contributed by atoms with van der Waals surface area (Å²) in [6.45, 7) is 0.586. The summed E-state index contributed by atoms with van der Waals surface area (Å²) in [6, 6.07) is 19.7. The molecule has 28 heavy (non-hydrogen) atoms. The lowest BCUT2D eigenvalue weighted by Crippen LogP contribution is -2.48. The topological polar surface area (TPSA) is 53.2 Å². The molecule has 2 fully saturated rings. The normalized spacial score (nSPS) is 23.2. The quantitative estimate of drug-likeness (QED) is 0.494. The zero-order chi connectivity index (χ0) is 19.4. The summed E-state index contributed by atoms with van der Waals surface area (Å²) in [4.78, 5) is 12.3. The molecule has 3 N–H and O–H groups in total. The minimum absolute atomic E-state index is 0.0755. The van der Waals surface area contributed by atoms with Gasteiger partial charge < -0.3 is 16.0 Å². The maximum Gasteiger partial charge on any atom is 0.244 e. The maximum atomic E-state index is 12.3. The maximum absolute atomic E-state index is 12.3. The molecule has 0 heterocycles. The number of hydrogen-bond acceptors (Lipinski definition) is 2. The third-order valence-corrected chi connectivity index (χ3v) is 5.73. The predicted molar refractivity (Wildman–Crippen MR) is 118 cm³/mol. The van der Waals surface area contributed by atoms with Crippen LogP contribution in [0, 0.1) is 11.8 Å². The third-order valence-electron chi connectivity index (χ3n) is 5.52. The summed E-state index contributed by atoms with van der Waals surface area (Å²) < 4.78 is 0. The molecule has 0 aliphatic heterocycles. The van der Waals surface area contributed by atoms with Crippen molar-refractivity contribution < 1.29 is 4.79 Å². The van der Waals surface area contributed by atoms with Gasteiger partial charge in [-0.05, 0) is 67.1 Å². The first-order valence-electron chi connectivity index (χ1n) is 9.80. The second-order valence-corrected chi connectivity index (χ2v) is 8.12. The Kier molecular flexibility index (Phi) is 5.44. The van der Waals surface area contributed by atoms with Crippen LogP contribution in [0.1, 0.15) is 24.8 Å². The SMILES string of the molecule is O=C(C=Cc1ccccc1)NCC1(NC(=S)Nc2ccccc2)CC1C1CC1. The minimum atomic E-state index is -0.129. The first-order valence-corrected chi connectivity index (χ1v) is 10.2. The molecule has 2 aliphatic rings. The first-order chi connectivity index (χ1) is 13.6. The summed E-state index contributed by atoms with van der Waals surface area (Å²) in [5.41, 5.74) is 1.85. The van der Waals surface area contributed by atoms with Crippen LogP contribution in [0.25, 0.3) is 6.08 Å². The zero-order valence-electron chi connectivity index (χ0n) is 15.7. The van der Waals surface area contributed by atoms with Crippen molar-refractivity contribution in [3.63, 3.8) is 0 Å². The fraction of sp³-hybridized carbons (Fsp3) is 0.304. The Morgan fingerprint density at radius 3 is 2.43 bits per heavy atom. The van der Waals surface area contributed by atoms with Crippen LogP contribution in [0.4, 0.5) is 5.69 Å². The Morgan fingerprint density at radius 2 is 1.75 bits per heavy atom. The molecule has 0 spiro atoms. The number of hydrogen-bond donors (Lipinski definition) is 3. The van der Waals surface area contributed by atoms with Gasteiger partial charge in [-0.1, -0.05) is 48.5 Å². The average Bonchev–Trinajstić information content (AvgIpc) is 3.62. The van der Waals surface area contributed by atoms with Crippen molar-refractivity contribution in [2.24, 2.45) is 11.8 Å². The van der Waals surface area contributed by atoms with E-state index in [4.69, 9.17) is 12.2 Å². The van der Waals surface area contributed by atoms with Gasteiger partial charge in [0.2, 0.25) is 5.91 Å². The minimum Gasteiger partial charge on any atom is -0.355 e. The van der Waals surface area contributed by atoms with Crippen LogP contribution in [0.15, 0.2) is 66.7 Å². The van der Waals surface area contributed by atoms with Gasteiger partial charge in [0.25, 0.3) is 0 Å². The summed E-state index contributed by atoms with van der Waals surface area (Å²) in [7, 11) is 0. The van der Waals surface area contributed by atoms with Crippen molar-refractivity contribution in [2.75, 3.05) is 11.9 Å². The highest BCUT2D eigenvalue weighted by Crippen LogP contribution is 2.56. The number of nitrogens with one attached hydrogen (secondary N) is 3. The number of amides is 1.